The Bertz CT molecular complexity index is 462. The number of hydrogen-bond donors (Lipinski definition) is 1. The Morgan fingerprint density at radius 2 is 2.12 bits per heavy atom. The van der Waals surface area contributed by atoms with Gasteiger partial charge in [-0.25, -0.2) is 0 Å². The third kappa shape index (κ3) is 2.87. The van der Waals surface area contributed by atoms with Gasteiger partial charge in [0.1, 0.15) is 0 Å². The molecule has 0 amide bonds. The van der Waals surface area contributed by atoms with Gasteiger partial charge >= 0.3 is 0 Å². The van der Waals surface area contributed by atoms with E-state index in [4.69, 9.17) is 0 Å². The Balaban J connectivity index is 2.12. The van der Waals surface area contributed by atoms with Crippen LogP contribution in [-0.2, 0) is 6.42 Å². The van der Waals surface area contributed by atoms with E-state index < -0.39 is 6.10 Å². The first-order valence-electron chi connectivity index (χ1n) is 4.93. The summed E-state index contributed by atoms with van der Waals surface area (Å²) in [6.45, 7) is 0. The van der Waals surface area contributed by atoms with E-state index in [2.05, 4.69) is 25.9 Å². The minimum atomic E-state index is -0.547. The van der Waals surface area contributed by atoms with Gasteiger partial charge in [0.15, 0.2) is 0 Å². The predicted molar refractivity (Wildman–Crippen MR) is 64.8 cm³/mol. The average molecular weight is 279 g/mol. The normalized spacial score (nSPS) is 12.4. The first-order valence-corrected chi connectivity index (χ1v) is 5.72. The van der Waals surface area contributed by atoms with E-state index in [1.807, 2.05) is 18.2 Å². The fourth-order valence-electron chi connectivity index (χ4n) is 1.47. The Morgan fingerprint density at radius 1 is 1.25 bits per heavy atom. The van der Waals surface area contributed by atoms with Gasteiger partial charge in [-0.15, -0.1) is 0 Å². The zero-order chi connectivity index (χ0) is 11.4. The lowest BCUT2D eigenvalue weighted by molar-refractivity contribution is 0.178. The summed E-state index contributed by atoms with van der Waals surface area (Å²) in [5, 5.41) is 10.0. The molecule has 0 aliphatic carbocycles. The lowest BCUT2D eigenvalue weighted by Crippen LogP contribution is -2.02. The van der Waals surface area contributed by atoms with Crippen molar-refractivity contribution in [3.8, 4) is 0 Å². The Kier molecular flexibility index (Phi) is 3.64. The summed E-state index contributed by atoms with van der Waals surface area (Å²) in [6, 6.07) is 5.68. The highest BCUT2D eigenvalue weighted by molar-refractivity contribution is 9.10. The largest absolute Gasteiger partial charge is 0.388 e. The molecule has 0 bridgehead atoms. The molecule has 2 rings (SSSR count). The lowest BCUT2D eigenvalue weighted by atomic mass is 10.0. The van der Waals surface area contributed by atoms with Crippen LogP contribution in [0.5, 0.6) is 0 Å². The molecule has 0 aromatic carbocycles. The van der Waals surface area contributed by atoms with Gasteiger partial charge in [0, 0.05) is 41.2 Å². The number of aliphatic hydroxyl groups excluding tert-OH is 1. The van der Waals surface area contributed by atoms with Crippen molar-refractivity contribution >= 4 is 15.9 Å². The molecule has 1 N–H and O–H groups in total. The molecule has 1 atom stereocenters. The minimum Gasteiger partial charge on any atom is -0.388 e. The van der Waals surface area contributed by atoms with Crippen LogP contribution in [0.25, 0.3) is 0 Å². The second-order valence-electron chi connectivity index (χ2n) is 3.52. The highest BCUT2D eigenvalue weighted by Crippen LogP contribution is 2.19. The van der Waals surface area contributed by atoms with E-state index in [9.17, 15) is 5.11 Å². The number of nitrogens with zero attached hydrogens (tertiary/aromatic N) is 2. The summed E-state index contributed by atoms with van der Waals surface area (Å²) in [6.07, 6.45) is 6.85. The number of halogens is 1. The van der Waals surface area contributed by atoms with Crippen molar-refractivity contribution in [2.24, 2.45) is 0 Å². The highest BCUT2D eigenvalue weighted by atomic mass is 79.9. The third-order valence-corrected chi connectivity index (χ3v) is 2.70. The van der Waals surface area contributed by atoms with Crippen molar-refractivity contribution in [3.05, 3.63) is 58.6 Å². The molecule has 0 saturated carbocycles. The van der Waals surface area contributed by atoms with E-state index in [1.54, 1.807) is 24.8 Å². The van der Waals surface area contributed by atoms with Crippen LogP contribution in [0.15, 0.2) is 47.5 Å². The van der Waals surface area contributed by atoms with Crippen LogP contribution in [0.1, 0.15) is 17.2 Å². The van der Waals surface area contributed by atoms with E-state index >= 15 is 0 Å². The zero-order valence-corrected chi connectivity index (χ0v) is 10.1. The number of aromatic nitrogens is 2. The molecule has 4 heteroatoms. The average Bonchev–Trinajstić information content (AvgIpc) is 2.30. The summed E-state index contributed by atoms with van der Waals surface area (Å²) in [7, 11) is 0. The predicted octanol–water partition coefficient (Wildman–Crippen LogP) is 2.52. The quantitative estimate of drug-likeness (QED) is 0.939. The van der Waals surface area contributed by atoms with Crippen molar-refractivity contribution in [3.63, 3.8) is 0 Å². The summed E-state index contributed by atoms with van der Waals surface area (Å²) < 4.78 is 0.871. The standard InChI is InChI=1S/C12H11BrN2O/c13-11-5-10(7-15-8-11)12(16)4-9-2-1-3-14-6-9/h1-3,5-8,12,16H,4H2. The van der Waals surface area contributed by atoms with Crippen molar-refractivity contribution in [1.29, 1.82) is 0 Å². The molecule has 16 heavy (non-hydrogen) atoms. The maximum atomic E-state index is 10.0. The van der Waals surface area contributed by atoms with Crippen LogP contribution in [0, 0.1) is 0 Å². The lowest BCUT2D eigenvalue weighted by Gasteiger charge is -2.10. The van der Waals surface area contributed by atoms with Gasteiger partial charge < -0.3 is 5.11 Å². The summed E-state index contributed by atoms with van der Waals surface area (Å²) >= 11 is 3.33. The van der Waals surface area contributed by atoms with E-state index in [0.29, 0.717) is 6.42 Å². The van der Waals surface area contributed by atoms with Gasteiger partial charge in [-0.3, -0.25) is 9.97 Å². The first kappa shape index (κ1) is 11.2. The highest BCUT2D eigenvalue weighted by Gasteiger charge is 2.09. The molecule has 2 heterocycles. The van der Waals surface area contributed by atoms with Gasteiger partial charge in [0.2, 0.25) is 0 Å². The molecule has 0 fully saturated rings. The van der Waals surface area contributed by atoms with Crippen LogP contribution < -0.4 is 0 Å². The SMILES string of the molecule is OC(Cc1cccnc1)c1cncc(Br)c1. The van der Waals surface area contributed by atoms with Crippen LogP contribution in [-0.4, -0.2) is 15.1 Å². The van der Waals surface area contributed by atoms with Crippen LogP contribution in [0.2, 0.25) is 0 Å². The molecule has 0 aliphatic rings. The molecule has 0 saturated heterocycles. The molecule has 2 aromatic rings. The molecule has 82 valence electrons. The Hall–Kier alpha value is -1.26. The molecular formula is C12H11BrN2O. The maximum absolute atomic E-state index is 10.0. The fourth-order valence-corrected chi connectivity index (χ4v) is 1.85. The molecule has 0 aliphatic heterocycles. The number of rotatable bonds is 3. The monoisotopic (exact) mass is 278 g/mol. The summed E-state index contributed by atoms with van der Waals surface area (Å²) in [5.74, 6) is 0. The van der Waals surface area contributed by atoms with Gasteiger partial charge in [0.25, 0.3) is 0 Å². The number of hydrogen-bond acceptors (Lipinski definition) is 3. The van der Waals surface area contributed by atoms with Crippen molar-refractivity contribution in [2.45, 2.75) is 12.5 Å². The molecule has 0 spiro atoms. The van der Waals surface area contributed by atoms with Crippen LogP contribution in [0.3, 0.4) is 0 Å². The van der Waals surface area contributed by atoms with Gasteiger partial charge in [-0.2, -0.15) is 0 Å². The van der Waals surface area contributed by atoms with E-state index in [1.165, 1.54) is 0 Å². The first-order chi connectivity index (χ1) is 7.75. The van der Waals surface area contributed by atoms with Crippen molar-refractivity contribution in [2.75, 3.05) is 0 Å². The van der Waals surface area contributed by atoms with Crippen LogP contribution >= 0.6 is 15.9 Å². The topological polar surface area (TPSA) is 46.0 Å². The maximum Gasteiger partial charge on any atom is 0.0846 e. The van der Waals surface area contributed by atoms with Crippen molar-refractivity contribution in [1.82, 2.24) is 9.97 Å². The van der Waals surface area contributed by atoms with Gasteiger partial charge in [0.05, 0.1) is 6.10 Å². The number of aliphatic hydroxyl groups is 1. The summed E-state index contributed by atoms with van der Waals surface area (Å²) in [5.41, 5.74) is 1.81. The molecule has 1 unspecified atom stereocenters. The molecule has 3 nitrogen and oxygen atoms in total. The van der Waals surface area contributed by atoms with Crippen LogP contribution in [0.4, 0.5) is 0 Å². The second kappa shape index (κ2) is 5.18. The van der Waals surface area contributed by atoms with Crippen molar-refractivity contribution < 1.29 is 5.11 Å². The Labute approximate surface area is 102 Å². The third-order valence-electron chi connectivity index (χ3n) is 2.26. The molecule has 0 radical (unpaired) electrons. The van der Waals surface area contributed by atoms with Gasteiger partial charge in [-0.1, -0.05) is 6.07 Å². The fraction of sp³-hybridized carbons (Fsp3) is 0.167. The van der Waals surface area contributed by atoms with Gasteiger partial charge in [-0.05, 0) is 33.6 Å². The van der Waals surface area contributed by atoms with E-state index in [-0.39, 0.29) is 0 Å². The van der Waals surface area contributed by atoms with E-state index in [0.717, 1.165) is 15.6 Å². The second-order valence-corrected chi connectivity index (χ2v) is 4.43. The smallest absolute Gasteiger partial charge is 0.0846 e. The summed E-state index contributed by atoms with van der Waals surface area (Å²) in [4.78, 5) is 8.04. The minimum absolute atomic E-state index is 0.547. The molecule has 2 aromatic heterocycles. The molecular weight excluding hydrogens is 268 g/mol. The zero-order valence-electron chi connectivity index (χ0n) is 8.55. The Morgan fingerprint density at radius 3 is 2.81 bits per heavy atom. The number of pyridine rings is 2.